The van der Waals surface area contributed by atoms with Gasteiger partial charge in [0.15, 0.2) is 5.78 Å². The van der Waals surface area contributed by atoms with Crippen molar-refractivity contribution in [3.8, 4) is 5.75 Å². The van der Waals surface area contributed by atoms with E-state index in [1.807, 2.05) is 31.2 Å². The summed E-state index contributed by atoms with van der Waals surface area (Å²) in [4.78, 5) is 24.2. The summed E-state index contributed by atoms with van der Waals surface area (Å²) in [6.45, 7) is 2.46. The van der Waals surface area contributed by atoms with Crippen LogP contribution in [0.4, 0.5) is 0 Å². The fraction of sp³-hybridized carbons (Fsp3) is 0.263. The molecule has 0 spiro atoms. The van der Waals surface area contributed by atoms with Crippen molar-refractivity contribution < 1.29 is 14.3 Å². The summed E-state index contributed by atoms with van der Waals surface area (Å²) >= 11 is 5.92. The van der Waals surface area contributed by atoms with Gasteiger partial charge in [0.05, 0.1) is 12.7 Å². The first kappa shape index (κ1) is 18.0. The predicted molar refractivity (Wildman–Crippen MR) is 94.6 cm³/mol. The molecule has 0 aliphatic carbocycles. The van der Waals surface area contributed by atoms with Gasteiger partial charge in [-0.05, 0) is 30.7 Å². The first-order chi connectivity index (χ1) is 11.5. The molecule has 24 heavy (non-hydrogen) atoms. The number of hydrogen-bond acceptors (Lipinski definition) is 3. The first-order valence-electron chi connectivity index (χ1n) is 7.68. The van der Waals surface area contributed by atoms with Crippen molar-refractivity contribution in [3.05, 3.63) is 64.2 Å². The Kier molecular flexibility index (Phi) is 6.38. The van der Waals surface area contributed by atoms with Crippen LogP contribution in [0.15, 0.2) is 42.5 Å². The van der Waals surface area contributed by atoms with E-state index in [1.54, 1.807) is 18.2 Å². The number of carbonyl (C=O) groups is 2. The second-order valence-electron chi connectivity index (χ2n) is 5.53. The fourth-order valence-corrected chi connectivity index (χ4v) is 2.43. The van der Waals surface area contributed by atoms with E-state index in [0.717, 1.165) is 5.56 Å². The van der Waals surface area contributed by atoms with Crippen LogP contribution in [0.25, 0.3) is 0 Å². The molecule has 4 nitrogen and oxygen atoms in total. The lowest BCUT2D eigenvalue weighted by Gasteiger charge is -2.09. The summed E-state index contributed by atoms with van der Waals surface area (Å²) in [5.41, 5.74) is 2.60. The van der Waals surface area contributed by atoms with Crippen LogP contribution in [0.2, 0.25) is 5.02 Å². The van der Waals surface area contributed by atoms with Crippen LogP contribution in [-0.4, -0.2) is 18.8 Å². The molecule has 0 unspecified atom stereocenters. The van der Waals surface area contributed by atoms with Crippen LogP contribution < -0.4 is 10.1 Å². The number of benzene rings is 2. The van der Waals surface area contributed by atoms with Crippen molar-refractivity contribution in [2.24, 2.45) is 0 Å². The van der Waals surface area contributed by atoms with Gasteiger partial charge in [0, 0.05) is 24.4 Å². The molecule has 0 aliphatic heterocycles. The zero-order valence-electron chi connectivity index (χ0n) is 13.8. The minimum absolute atomic E-state index is 0.108. The molecule has 0 aromatic heterocycles. The lowest BCUT2D eigenvalue weighted by molar-refractivity contribution is -0.121. The Hall–Kier alpha value is -2.33. The third-order valence-electron chi connectivity index (χ3n) is 3.65. The molecule has 0 aliphatic rings. The highest BCUT2D eigenvalue weighted by Gasteiger charge is 2.14. The molecule has 0 atom stereocenters. The van der Waals surface area contributed by atoms with E-state index in [1.165, 1.54) is 12.7 Å². The smallest absolute Gasteiger partial charge is 0.220 e. The van der Waals surface area contributed by atoms with Crippen LogP contribution >= 0.6 is 11.6 Å². The maximum absolute atomic E-state index is 12.3. The van der Waals surface area contributed by atoms with Crippen LogP contribution in [0.5, 0.6) is 5.75 Å². The minimum atomic E-state index is -0.167. The summed E-state index contributed by atoms with van der Waals surface area (Å²) in [5.74, 6) is 0.134. The van der Waals surface area contributed by atoms with Gasteiger partial charge in [-0.15, -0.1) is 0 Å². The molecule has 0 fully saturated rings. The van der Waals surface area contributed by atoms with Crippen molar-refractivity contribution in [3.63, 3.8) is 0 Å². The van der Waals surface area contributed by atoms with Gasteiger partial charge < -0.3 is 10.1 Å². The van der Waals surface area contributed by atoms with Crippen LogP contribution in [0, 0.1) is 6.92 Å². The Morgan fingerprint density at radius 2 is 1.79 bits per heavy atom. The average Bonchev–Trinajstić information content (AvgIpc) is 2.59. The summed E-state index contributed by atoms with van der Waals surface area (Å²) in [6, 6.07) is 12.8. The molecule has 0 radical (unpaired) electrons. The van der Waals surface area contributed by atoms with Crippen molar-refractivity contribution in [2.75, 3.05) is 7.11 Å². The zero-order chi connectivity index (χ0) is 17.5. The number of aryl methyl sites for hydroxylation is 1. The van der Waals surface area contributed by atoms with E-state index in [9.17, 15) is 9.59 Å². The molecule has 0 heterocycles. The number of rotatable bonds is 7. The molecule has 0 saturated heterocycles. The SMILES string of the molecule is COc1ccc(Cl)cc1C(=O)CCC(=O)NCc1ccc(C)cc1. The normalized spacial score (nSPS) is 10.3. The summed E-state index contributed by atoms with van der Waals surface area (Å²) in [7, 11) is 1.49. The predicted octanol–water partition coefficient (Wildman–Crippen LogP) is 3.94. The molecule has 126 valence electrons. The number of amides is 1. The molecule has 2 aromatic carbocycles. The minimum Gasteiger partial charge on any atom is -0.496 e. The fourth-order valence-electron chi connectivity index (χ4n) is 2.25. The monoisotopic (exact) mass is 345 g/mol. The highest BCUT2D eigenvalue weighted by atomic mass is 35.5. The van der Waals surface area contributed by atoms with E-state index in [4.69, 9.17) is 16.3 Å². The third kappa shape index (κ3) is 5.10. The number of carbonyl (C=O) groups excluding carboxylic acids is 2. The second-order valence-corrected chi connectivity index (χ2v) is 5.97. The number of nitrogens with one attached hydrogen (secondary N) is 1. The van der Waals surface area contributed by atoms with E-state index in [2.05, 4.69) is 5.32 Å². The number of halogens is 1. The van der Waals surface area contributed by atoms with E-state index in [-0.39, 0.29) is 24.5 Å². The molecular weight excluding hydrogens is 326 g/mol. The Morgan fingerprint density at radius 3 is 2.46 bits per heavy atom. The Morgan fingerprint density at radius 1 is 1.08 bits per heavy atom. The summed E-state index contributed by atoms with van der Waals surface area (Å²) in [6.07, 6.45) is 0.233. The number of methoxy groups -OCH3 is 1. The van der Waals surface area contributed by atoms with E-state index >= 15 is 0 Å². The molecule has 0 saturated carbocycles. The molecule has 2 aromatic rings. The second kappa shape index (κ2) is 8.50. The topological polar surface area (TPSA) is 55.4 Å². The summed E-state index contributed by atoms with van der Waals surface area (Å²) in [5, 5.41) is 3.28. The maximum atomic E-state index is 12.3. The molecule has 5 heteroatoms. The Balaban J connectivity index is 1.86. The molecular formula is C19H20ClNO3. The highest BCUT2D eigenvalue weighted by Crippen LogP contribution is 2.24. The molecule has 0 bridgehead atoms. The van der Waals surface area contributed by atoms with E-state index in [0.29, 0.717) is 22.9 Å². The number of hydrogen-bond donors (Lipinski definition) is 1. The van der Waals surface area contributed by atoms with Crippen LogP contribution in [0.3, 0.4) is 0 Å². The van der Waals surface area contributed by atoms with Crippen molar-refractivity contribution in [2.45, 2.75) is 26.3 Å². The highest BCUT2D eigenvalue weighted by molar-refractivity contribution is 6.31. The van der Waals surface area contributed by atoms with Gasteiger partial charge in [0.25, 0.3) is 0 Å². The number of ether oxygens (including phenoxy) is 1. The van der Waals surface area contributed by atoms with Gasteiger partial charge in [0.1, 0.15) is 5.75 Å². The molecule has 1 amide bonds. The van der Waals surface area contributed by atoms with Crippen molar-refractivity contribution >= 4 is 23.3 Å². The average molecular weight is 346 g/mol. The van der Waals surface area contributed by atoms with Gasteiger partial charge in [0.2, 0.25) is 5.91 Å². The Bertz CT molecular complexity index is 726. The van der Waals surface area contributed by atoms with Gasteiger partial charge in [-0.2, -0.15) is 0 Å². The summed E-state index contributed by atoms with van der Waals surface area (Å²) < 4.78 is 5.16. The largest absolute Gasteiger partial charge is 0.496 e. The zero-order valence-corrected chi connectivity index (χ0v) is 14.5. The standard InChI is InChI=1S/C19H20ClNO3/c1-13-3-5-14(6-4-13)12-21-19(23)10-8-17(22)16-11-15(20)7-9-18(16)24-2/h3-7,9,11H,8,10,12H2,1-2H3,(H,21,23). The number of ketones is 1. The van der Waals surface area contributed by atoms with Crippen molar-refractivity contribution in [1.82, 2.24) is 5.32 Å². The lowest BCUT2D eigenvalue weighted by Crippen LogP contribution is -2.23. The van der Waals surface area contributed by atoms with Crippen LogP contribution in [0.1, 0.15) is 34.3 Å². The van der Waals surface area contributed by atoms with Gasteiger partial charge in [-0.25, -0.2) is 0 Å². The van der Waals surface area contributed by atoms with Gasteiger partial charge in [-0.3, -0.25) is 9.59 Å². The molecule has 2 rings (SSSR count). The quantitative estimate of drug-likeness (QED) is 0.773. The van der Waals surface area contributed by atoms with Gasteiger partial charge in [-0.1, -0.05) is 41.4 Å². The van der Waals surface area contributed by atoms with Crippen molar-refractivity contribution in [1.29, 1.82) is 0 Å². The third-order valence-corrected chi connectivity index (χ3v) is 3.89. The maximum Gasteiger partial charge on any atom is 0.220 e. The lowest BCUT2D eigenvalue weighted by atomic mass is 10.1. The van der Waals surface area contributed by atoms with Crippen LogP contribution in [-0.2, 0) is 11.3 Å². The molecule has 1 N–H and O–H groups in total. The van der Waals surface area contributed by atoms with E-state index < -0.39 is 0 Å². The van der Waals surface area contributed by atoms with Gasteiger partial charge >= 0.3 is 0 Å². The number of Topliss-reactive ketones (excluding diaryl/α,β-unsaturated/α-hetero) is 1. The Labute approximate surface area is 146 Å². The first-order valence-corrected chi connectivity index (χ1v) is 8.06.